The number of halogens is 4. The SMILES string of the molecule is O=[P+](OC(Cl)Cl)OC(Cl)Cl. The Morgan fingerprint density at radius 3 is 1.50 bits per heavy atom. The molecule has 0 atom stereocenters. The summed E-state index contributed by atoms with van der Waals surface area (Å²) in [6.45, 7) is 0. The van der Waals surface area contributed by atoms with E-state index in [0.29, 0.717) is 0 Å². The molecule has 60 valence electrons. The summed E-state index contributed by atoms with van der Waals surface area (Å²) < 4.78 is 18.8. The van der Waals surface area contributed by atoms with Gasteiger partial charge in [0.1, 0.15) is 0 Å². The van der Waals surface area contributed by atoms with Crippen LogP contribution in [0.1, 0.15) is 0 Å². The average Bonchev–Trinajstić information content (AvgIpc) is 1.58. The van der Waals surface area contributed by atoms with Gasteiger partial charge in [-0.05, 0) is 0 Å². The zero-order valence-corrected chi connectivity index (χ0v) is 8.26. The zero-order valence-electron chi connectivity index (χ0n) is 4.34. The van der Waals surface area contributed by atoms with Gasteiger partial charge in [-0.15, -0.1) is 0 Å². The number of hydrogen-bond acceptors (Lipinski definition) is 3. The maximum Gasteiger partial charge on any atom is 0.703 e. The van der Waals surface area contributed by atoms with E-state index in [4.69, 9.17) is 46.4 Å². The first-order valence-electron chi connectivity index (χ1n) is 1.89. The van der Waals surface area contributed by atoms with Crippen molar-refractivity contribution >= 4 is 54.7 Å². The molecule has 0 saturated heterocycles. The molecule has 0 aliphatic heterocycles. The first-order valence-corrected chi connectivity index (χ1v) is 4.73. The minimum absolute atomic E-state index is 1.21. The molecule has 0 heterocycles. The highest BCUT2D eigenvalue weighted by Crippen LogP contribution is 2.32. The molecule has 0 aliphatic rings. The van der Waals surface area contributed by atoms with Crippen LogP contribution in [0.25, 0.3) is 0 Å². The van der Waals surface area contributed by atoms with Gasteiger partial charge in [-0.1, -0.05) is 55.5 Å². The van der Waals surface area contributed by atoms with Gasteiger partial charge in [-0.3, -0.25) is 0 Å². The monoisotopic (exact) mass is 245 g/mol. The Bertz CT molecular complexity index is 105. The second kappa shape index (κ2) is 5.78. The van der Waals surface area contributed by atoms with Crippen molar-refractivity contribution < 1.29 is 13.6 Å². The average molecular weight is 247 g/mol. The molecule has 0 unspecified atom stereocenters. The molecule has 0 fully saturated rings. The maximum absolute atomic E-state index is 10.4. The number of alkyl halides is 4. The van der Waals surface area contributed by atoms with E-state index in [2.05, 4.69) is 9.05 Å². The summed E-state index contributed by atoms with van der Waals surface area (Å²) in [4.78, 5) is 0. The van der Waals surface area contributed by atoms with Crippen molar-refractivity contribution in [2.24, 2.45) is 0 Å². The molecule has 10 heavy (non-hydrogen) atoms. The highest BCUT2D eigenvalue weighted by molar-refractivity contribution is 7.33. The molecule has 0 aromatic rings. The molecular formula is C2H2Cl4O3P+. The fourth-order valence-electron chi connectivity index (χ4n) is 0.155. The predicted molar refractivity (Wildman–Crippen MR) is 40.8 cm³/mol. The topological polar surface area (TPSA) is 35.5 Å². The number of rotatable bonds is 4. The molecular weight excluding hydrogens is 245 g/mol. The summed E-state index contributed by atoms with van der Waals surface area (Å²) >= 11 is 20.2. The normalized spacial score (nSPS) is 11.0. The van der Waals surface area contributed by atoms with E-state index in [1.807, 2.05) is 0 Å². The van der Waals surface area contributed by atoms with Crippen LogP contribution >= 0.6 is 54.7 Å². The highest BCUT2D eigenvalue weighted by atomic mass is 35.5. The molecule has 0 aromatic carbocycles. The van der Waals surface area contributed by atoms with Gasteiger partial charge in [-0.25, -0.2) is 0 Å². The predicted octanol–water partition coefficient (Wildman–Crippen LogP) is 3.20. The van der Waals surface area contributed by atoms with Crippen molar-refractivity contribution in [3.8, 4) is 0 Å². The Balaban J connectivity index is 3.44. The van der Waals surface area contributed by atoms with Gasteiger partial charge in [0.05, 0.1) is 0 Å². The smallest absolute Gasteiger partial charge is 0.0826 e. The third-order valence-corrected chi connectivity index (χ3v) is 1.95. The van der Waals surface area contributed by atoms with Crippen LogP contribution in [0.2, 0.25) is 0 Å². The Labute approximate surface area is 78.4 Å². The lowest BCUT2D eigenvalue weighted by molar-refractivity contribution is 0.253. The Morgan fingerprint density at radius 2 is 1.30 bits per heavy atom. The van der Waals surface area contributed by atoms with Crippen molar-refractivity contribution in [1.29, 1.82) is 0 Å². The summed E-state index contributed by atoms with van der Waals surface area (Å²) in [6.07, 6.45) is 0. The standard InChI is InChI=1S/C2H2Cl4O3P/c3-1(4)8-10(7)9-2(5)6/h1-2H/q+1. The molecule has 0 N–H and O–H groups in total. The van der Waals surface area contributed by atoms with E-state index in [1.165, 1.54) is 0 Å². The highest BCUT2D eigenvalue weighted by Gasteiger charge is 2.28. The third-order valence-electron chi connectivity index (χ3n) is 0.331. The molecule has 0 radical (unpaired) electrons. The summed E-state index contributed by atoms with van der Waals surface area (Å²) in [6, 6.07) is 0. The van der Waals surface area contributed by atoms with Crippen LogP contribution in [-0.4, -0.2) is 10.0 Å². The molecule has 0 aromatic heterocycles. The van der Waals surface area contributed by atoms with Gasteiger partial charge in [0, 0.05) is 4.57 Å². The van der Waals surface area contributed by atoms with Gasteiger partial charge in [-0.2, -0.15) is 0 Å². The van der Waals surface area contributed by atoms with Gasteiger partial charge >= 0.3 is 8.25 Å². The minimum Gasteiger partial charge on any atom is -0.0826 e. The third kappa shape index (κ3) is 7.29. The Morgan fingerprint density at radius 1 is 1.00 bits per heavy atom. The summed E-state index contributed by atoms with van der Waals surface area (Å²) in [5.74, 6) is 0. The van der Waals surface area contributed by atoms with Crippen LogP contribution in [0.5, 0.6) is 0 Å². The molecule has 0 aliphatic carbocycles. The van der Waals surface area contributed by atoms with Crippen LogP contribution in [0.15, 0.2) is 0 Å². The van der Waals surface area contributed by atoms with E-state index in [1.54, 1.807) is 0 Å². The van der Waals surface area contributed by atoms with Crippen LogP contribution in [0.3, 0.4) is 0 Å². The maximum atomic E-state index is 10.4. The van der Waals surface area contributed by atoms with Crippen molar-refractivity contribution in [3.05, 3.63) is 0 Å². The second-order valence-corrected chi connectivity index (χ2v) is 3.86. The molecule has 0 spiro atoms. The largest absolute Gasteiger partial charge is 0.703 e. The second-order valence-electron chi connectivity index (χ2n) is 0.956. The minimum atomic E-state index is -2.44. The van der Waals surface area contributed by atoms with Crippen molar-refractivity contribution in [2.75, 3.05) is 0 Å². The first kappa shape index (κ1) is 11.2. The lowest BCUT2D eigenvalue weighted by Gasteiger charge is -1.89. The fourth-order valence-corrected chi connectivity index (χ4v) is 1.25. The quantitative estimate of drug-likeness (QED) is 0.565. The van der Waals surface area contributed by atoms with Crippen LogP contribution in [0.4, 0.5) is 0 Å². The molecule has 8 heteroatoms. The van der Waals surface area contributed by atoms with Crippen molar-refractivity contribution in [1.82, 2.24) is 0 Å². The first-order chi connectivity index (χ1) is 4.52. The summed E-state index contributed by atoms with van der Waals surface area (Å²) in [5, 5.41) is -2.42. The summed E-state index contributed by atoms with van der Waals surface area (Å²) in [5.41, 5.74) is 0. The van der Waals surface area contributed by atoms with Crippen LogP contribution < -0.4 is 0 Å². The molecule has 0 bridgehead atoms. The van der Waals surface area contributed by atoms with E-state index >= 15 is 0 Å². The van der Waals surface area contributed by atoms with E-state index < -0.39 is 18.3 Å². The molecule has 3 nitrogen and oxygen atoms in total. The summed E-state index contributed by atoms with van der Waals surface area (Å²) in [7, 11) is -2.44. The van der Waals surface area contributed by atoms with Gasteiger partial charge in [0.25, 0.3) is 10.0 Å². The molecule has 0 amide bonds. The van der Waals surface area contributed by atoms with Gasteiger partial charge < -0.3 is 0 Å². The molecule has 0 rings (SSSR count). The van der Waals surface area contributed by atoms with Crippen LogP contribution in [-0.2, 0) is 13.6 Å². The number of hydrogen-bond donors (Lipinski definition) is 0. The van der Waals surface area contributed by atoms with E-state index in [-0.39, 0.29) is 0 Å². The van der Waals surface area contributed by atoms with Gasteiger partial charge in [0.2, 0.25) is 0 Å². The lowest BCUT2D eigenvalue weighted by atomic mass is 11.7. The molecule has 0 saturated carbocycles. The van der Waals surface area contributed by atoms with Crippen LogP contribution in [0, 0.1) is 0 Å². The van der Waals surface area contributed by atoms with Crippen molar-refractivity contribution in [3.63, 3.8) is 0 Å². The van der Waals surface area contributed by atoms with Crippen molar-refractivity contribution in [2.45, 2.75) is 10.0 Å². The van der Waals surface area contributed by atoms with E-state index in [9.17, 15) is 4.57 Å². The Kier molecular flexibility index (Phi) is 6.47. The lowest BCUT2D eigenvalue weighted by Crippen LogP contribution is -1.92. The van der Waals surface area contributed by atoms with E-state index in [0.717, 1.165) is 0 Å². The fraction of sp³-hybridized carbons (Fsp3) is 1.00. The zero-order chi connectivity index (χ0) is 8.15. The Hall–Kier alpha value is 1.18. The van der Waals surface area contributed by atoms with Gasteiger partial charge in [0.15, 0.2) is 0 Å².